The van der Waals surface area contributed by atoms with Crippen molar-refractivity contribution in [2.24, 2.45) is 10.8 Å². The molecule has 172 valence electrons. The van der Waals surface area contributed by atoms with Gasteiger partial charge in [-0.15, -0.1) is 0 Å². The molecule has 2 aromatic rings. The molecule has 2 aromatic carbocycles. The van der Waals surface area contributed by atoms with Gasteiger partial charge in [0.2, 0.25) is 11.8 Å². The third-order valence-corrected chi connectivity index (χ3v) is 6.29. The number of hydrogen-bond acceptors (Lipinski definition) is 2. The van der Waals surface area contributed by atoms with E-state index in [-0.39, 0.29) is 34.5 Å². The van der Waals surface area contributed by atoms with Gasteiger partial charge in [0.1, 0.15) is 0 Å². The normalized spacial score (nSPS) is 17.8. The minimum atomic E-state index is -0.384. The van der Waals surface area contributed by atoms with Crippen LogP contribution in [0.15, 0.2) is 48.5 Å². The van der Waals surface area contributed by atoms with Gasteiger partial charge < -0.3 is 10.6 Å². The number of fused-ring (bicyclic) bond motifs is 2. The highest BCUT2D eigenvalue weighted by molar-refractivity contribution is 5.81. The summed E-state index contributed by atoms with van der Waals surface area (Å²) in [5, 5.41) is 6.23. The molecule has 0 radical (unpaired) electrons. The molecule has 0 aliphatic heterocycles. The molecule has 0 saturated carbocycles. The Kier molecular flexibility index (Phi) is 7.12. The Bertz CT molecular complexity index is 840. The third-order valence-electron chi connectivity index (χ3n) is 6.29. The van der Waals surface area contributed by atoms with Crippen LogP contribution in [0.2, 0.25) is 0 Å². The van der Waals surface area contributed by atoms with Crippen molar-refractivity contribution in [2.75, 3.05) is 13.1 Å². The monoisotopic (exact) mass is 434 g/mol. The van der Waals surface area contributed by atoms with Gasteiger partial charge in [-0.2, -0.15) is 0 Å². The molecule has 0 heterocycles. The number of benzene rings is 2. The third kappa shape index (κ3) is 5.40. The van der Waals surface area contributed by atoms with Crippen molar-refractivity contribution in [3.05, 3.63) is 70.8 Å². The Morgan fingerprint density at radius 3 is 1.16 bits per heavy atom. The zero-order valence-electron chi connectivity index (χ0n) is 20.4. The van der Waals surface area contributed by atoms with Crippen LogP contribution in [-0.2, 0) is 9.59 Å². The van der Waals surface area contributed by atoms with E-state index in [9.17, 15) is 9.59 Å². The van der Waals surface area contributed by atoms with Crippen LogP contribution < -0.4 is 10.6 Å². The Balaban J connectivity index is 1.82. The molecule has 3 rings (SSSR count). The molecule has 4 heteroatoms. The summed E-state index contributed by atoms with van der Waals surface area (Å²) in [6, 6.07) is 17.3. The molecule has 0 fully saturated rings. The van der Waals surface area contributed by atoms with E-state index in [0.29, 0.717) is 13.1 Å². The lowest BCUT2D eigenvalue weighted by atomic mass is 9.70. The van der Waals surface area contributed by atoms with Crippen molar-refractivity contribution < 1.29 is 9.59 Å². The van der Waals surface area contributed by atoms with Crippen LogP contribution in [0.5, 0.6) is 0 Å². The van der Waals surface area contributed by atoms with E-state index in [1.807, 2.05) is 41.5 Å². The highest BCUT2D eigenvalue weighted by Crippen LogP contribution is 2.45. The molecule has 0 unspecified atom stereocenters. The molecule has 4 nitrogen and oxygen atoms in total. The van der Waals surface area contributed by atoms with Crippen LogP contribution in [0, 0.1) is 10.8 Å². The van der Waals surface area contributed by atoms with Gasteiger partial charge in [-0.25, -0.2) is 0 Å². The predicted molar refractivity (Wildman–Crippen MR) is 131 cm³/mol. The lowest BCUT2D eigenvalue weighted by molar-refractivity contribution is -0.129. The molecule has 0 atom stereocenters. The van der Waals surface area contributed by atoms with Gasteiger partial charge in [-0.3, -0.25) is 9.59 Å². The maximum Gasteiger partial charge on any atom is 0.225 e. The fraction of sp³-hybridized carbons (Fsp3) is 0.500. The van der Waals surface area contributed by atoms with Crippen molar-refractivity contribution in [3.8, 4) is 0 Å². The Hall–Kier alpha value is -2.62. The van der Waals surface area contributed by atoms with Crippen LogP contribution >= 0.6 is 0 Å². The number of amides is 2. The summed E-state index contributed by atoms with van der Waals surface area (Å²) < 4.78 is 0. The number of carbonyl (C=O) groups excluding carboxylic acids is 2. The predicted octanol–water partition coefficient (Wildman–Crippen LogP) is 5.37. The van der Waals surface area contributed by atoms with Crippen LogP contribution in [0.3, 0.4) is 0 Å². The first kappa shape index (κ1) is 24.0. The summed E-state index contributed by atoms with van der Waals surface area (Å²) in [5.41, 5.74) is 4.58. The first-order valence-electron chi connectivity index (χ1n) is 11.7. The highest BCUT2D eigenvalue weighted by Gasteiger charge is 2.32. The summed E-state index contributed by atoms with van der Waals surface area (Å²) in [7, 11) is 0. The van der Waals surface area contributed by atoms with Crippen LogP contribution in [0.4, 0.5) is 0 Å². The fourth-order valence-corrected chi connectivity index (χ4v) is 4.44. The topological polar surface area (TPSA) is 58.2 Å². The van der Waals surface area contributed by atoms with Gasteiger partial charge in [0, 0.05) is 35.8 Å². The Morgan fingerprint density at radius 1 is 0.625 bits per heavy atom. The van der Waals surface area contributed by atoms with Gasteiger partial charge in [-0.05, 0) is 35.1 Å². The molecule has 0 saturated heterocycles. The van der Waals surface area contributed by atoms with Gasteiger partial charge in [0.25, 0.3) is 0 Å². The number of nitrogens with one attached hydrogen (secondary N) is 2. The average molecular weight is 435 g/mol. The quantitative estimate of drug-likeness (QED) is 0.642. The van der Waals surface area contributed by atoms with E-state index in [1.165, 1.54) is 22.3 Å². The van der Waals surface area contributed by atoms with E-state index in [2.05, 4.69) is 59.2 Å². The molecular weight excluding hydrogens is 396 g/mol. The summed E-state index contributed by atoms with van der Waals surface area (Å²) in [6.45, 7) is 12.9. The summed E-state index contributed by atoms with van der Waals surface area (Å²) in [6.07, 6.45) is 1.73. The van der Waals surface area contributed by atoms with Gasteiger partial charge in [0.05, 0.1) is 0 Å². The lowest BCUT2D eigenvalue weighted by Crippen LogP contribution is -2.36. The molecule has 1 aliphatic rings. The van der Waals surface area contributed by atoms with Crippen LogP contribution in [0.25, 0.3) is 0 Å². The molecule has 0 spiro atoms. The van der Waals surface area contributed by atoms with Gasteiger partial charge >= 0.3 is 0 Å². The minimum absolute atomic E-state index is 0.0855. The van der Waals surface area contributed by atoms with E-state index < -0.39 is 0 Å². The number of hydrogen-bond donors (Lipinski definition) is 2. The van der Waals surface area contributed by atoms with E-state index in [0.717, 1.165) is 12.8 Å². The molecule has 1 aliphatic carbocycles. The van der Waals surface area contributed by atoms with Crippen molar-refractivity contribution >= 4 is 11.8 Å². The summed E-state index contributed by atoms with van der Waals surface area (Å²) >= 11 is 0. The van der Waals surface area contributed by atoms with E-state index in [4.69, 9.17) is 0 Å². The second kappa shape index (κ2) is 9.48. The zero-order chi connectivity index (χ0) is 23.5. The summed E-state index contributed by atoms with van der Waals surface area (Å²) in [4.78, 5) is 24.7. The molecule has 0 bridgehead atoms. The van der Waals surface area contributed by atoms with E-state index >= 15 is 0 Å². The minimum Gasteiger partial charge on any atom is -0.356 e. The summed E-state index contributed by atoms with van der Waals surface area (Å²) in [5.74, 6) is 0.677. The SMILES string of the molecule is CC(C)(C)C(=O)NCCC1c2ccccc2C(CCNC(=O)C(C)(C)C)c2ccccc21. The highest BCUT2D eigenvalue weighted by atomic mass is 16.2. The van der Waals surface area contributed by atoms with Crippen molar-refractivity contribution in [1.29, 1.82) is 0 Å². The largest absolute Gasteiger partial charge is 0.356 e. The smallest absolute Gasteiger partial charge is 0.225 e. The second-order valence-electron chi connectivity index (χ2n) is 11.0. The molecule has 2 N–H and O–H groups in total. The first-order valence-corrected chi connectivity index (χ1v) is 11.7. The zero-order valence-corrected chi connectivity index (χ0v) is 20.4. The Morgan fingerprint density at radius 2 is 0.906 bits per heavy atom. The number of carbonyl (C=O) groups is 2. The first-order chi connectivity index (χ1) is 15.0. The maximum atomic E-state index is 12.3. The van der Waals surface area contributed by atoms with Crippen LogP contribution in [0.1, 0.15) is 88.5 Å². The second-order valence-corrected chi connectivity index (χ2v) is 11.0. The van der Waals surface area contributed by atoms with Crippen molar-refractivity contribution in [1.82, 2.24) is 10.6 Å². The fourth-order valence-electron chi connectivity index (χ4n) is 4.44. The van der Waals surface area contributed by atoms with Crippen molar-refractivity contribution in [3.63, 3.8) is 0 Å². The number of rotatable bonds is 6. The maximum absolute atomic E-state index is 12.3. The molecule has 0 aromatic heterocycles. The van der Waals surface area contributed by atoms with Gasteiger partial charge in [-0.1, -0.05) is 90.1 Å². The Labute approximate surface area is 193 Å². The van der Waals surface area contributed by atoms with Crippen LogP contribution in [-0.4, -0.2) is 24.9 Å². The molecule has 2 amide bonds. The lowest BCUT2D eigenvalue weighted by Gasteiger charge is -2.35. The van der Waals surface area contributed by atoms with Gasteiger partial charge in [0.15, 0.2) is 0 Å². The standard InChI is InChI=1S/C28H38N2O2/c1-27(2,3)25(31)29-17-15-23-19-11-7-9-13-21(19)24(22-14-10-8-12-20(22)23)16-18-30-26(32)28(4,5)6/h7-14,23-24H,15-18H2,1-6H3,(H,29,31)(H,30,32). The van der Waals surface area contributed by atoms with Crippen molar-refractivity contribution in [2.45, 2.75) is 66.2 Å². The molecule has 32 heavy (non-hydrogen) atoms. The van der Waals surface area contributed by atoms with E-state index in [1.54, 1.807) is 0 Å². The average Bonchev–Trinajstić information content (AvgIpc) is 2.73. The molecular formula is C28H38N2O2.